The predicted octanol–water partition coefficient (Wildman–Crippen LogP) is 1.30. The Hall–Kier alpha value is -0.0800. The molecule has 0 radical (unpaired) electrons. The molecule has 0 heterocycles. The summed E-state index contributed by atoms with van der Waals surface area (Å²) < 4.78 is 0. The topological polar surface area (TPSA) is 23.5 Å². The molecular weight excluding hydrogens is 138 g/mol. The fourth-order valence-electron chi connectivity index (χ4n) is 2.28. The SMILES string of the molecule is CC1CC(C)C1N(C)C(C)O. The lowest BCUT2D eigenvalue weighted by Crippen LogP contribution is -2.53. The number of rotatable bonds is 2. The van der Waals surface area contributed by atoms with Gasteiger partial charge in [-0.25, -0.2) is 0 Å². The summed E-state index contributed by atoms with van der Waals surface area (Å²) >= 11 is 0. The zero-order valence-electron chi connectivity index (χ0n) is 7.91. The van der Waals surface area contributed by atoms with Crippen LogP contribution in [0.25, 0.3) is 0 Å². The maximum Gasteiger partial charge on any atom is 0.104 e. The molecule has 66 valence electrons. The monoisotopic (exact) mass is 157 g/mol. The van der Waals surface area contributed by atoms with Gasteiger partial charge in [0.05, 0.1) is 0 Å². The van der Waals surface area contributed by atoms with Crippen LogP contribution in [-0.2, 0) is 0 Å². The van der Waals surface area contributed by atoms with Crippen LogP contribution in [0.5, 0.6) is 0 Å². The predicted molar refractivity (Wildman–Crippen MR) is 46.2 cm³/mol. The molecule has 0 bridgehead atoms. The molecule has 1 rings (SSSR count). The lowest BCUT2D eigenvalue weighted by atomic mass is 9.71. The van der Waals surface area contributed by atoms with Crippen LogP contribution >= 0.6 is 0 Å². The summed E-state index contributed by atoms with van der Waals surface area (Å²) in [5.41, 5.74) is 0. The van der Waals surface area contributed by atoms with Gasteiger partial charge in [-0.2, -0.15) is 0 Å². The van der Waals surface area contributed by atoms with E-state index in [1.807, 2.05) is 14.0 Å². The normalized spacial score (nSPS) is 40.4. The Balaban J connectivity index is 2.46. The Morgan fingerprint density at radius 3 is 2.00 bits per heavy atom. The summed E-state index contributed by atoms with van der Waals surface area (Å²) in [4.78, 5) is 2.07. The lowest BCUT2D eigenvalue weighted by molar-refractivity contribution is -0.0650. The van der Waals surface area contributed by atoms with Crippen molar-refractivity contribution < 1.29 is 5.11 Å². The van der Waals surface area contributed by atoms with Crippen molar-refractivity contribution in [2.45, 2.75) is 39.5 Å². The van der Waals surface area contributed by atoms with Crippen LogP contribution in [0.15, 0.2) is 0 Å². The summed E-state index contributed by atoms with van der Waals surface area (Å²) in [5.74, 6) is 1.51. The average molecular weight is 157 g/mol. The van der Waals surface area contributed by atoms with Gasteiger partial charge in [-0.1, -0.05) is 13.8 Å². The molecule has 0 aliphatic heterocycles. The van der Waals surface area contributed by atoms with E-state index < -0.39 is 0 Å². The van der Waals surface area contributed by atoms with Gasteiger partial charge in [-0.05, 0) is 32.2 Å². The van der Waals surface area contributed by atoms with Gasteiger partial charge in [0.1, 0.15) is 6.23 Å². The third-order valence-corrected chi connectivity index (χ3v) is 2.97. The first-order chi connectivity index (χ1) is 5.04. The molecule has 2 heteroatoms. The van der Waals surface area contributed by atoms with Crippen molar-refractivity contribution in [2.24, 2.45) is 11.8 Å². The first-order valence-corrected chi connectivity index (χ1v) is 4.44. The zero-order valence-corrected chi connectivity index (χ0v) is 7.91. The quantitative estimate of drug-likeness (QED) is 0.611. The van der Waals surface area contributed by atoms with E-state index in [9.17, 15) is 5.11 Å². The Morgan fingerprint density at radius 2 is 1.82 bits per heavy atom. The summed E-state index contributed by atoms with van der Waals surface area (Å²) in [6, 6.07) is 0.593. The first-order valence-electron chi connectivity index (χ1n) is 4.44. The van der Waals surface area contributed by atoms with Gasteiger partial charge in [-0.3, -0.25) is 4.90 Å². The fourth-order valence-corrected chi connectivity index (χ4v) is 2.28. The molecule has 0 aromatic carbocycles. The average Bonchev–Trinajstić information content (AvgIpc) is 1.86. The van der Waals surface area contributed by atoms with Crippen LogP contribution in [0.3, 0.4) is 0 Å². The Labute approximate surface area is 69.2 Å². The minimum Gasteiger partial charge on any atom is -0.379 e. The second-order valence-corrected chi connectivity index (χ2v) is 3.98. The highest BCUT2D eigenvalue weighted by Crippen LogP contribution is 2.37. The van der Waals surface area contributed by atoms with E-state index in [-0.39, 0.29) is 6.23 Å². The molecule has 3 atom stereocenters. The summed E-state index contributed by atoms with van der Waals surface area (Å²) in [5, 5.41) is 9.32. The van der Waals surface area contributed by atoms with Gasteiger partial charge in [-0.15, -0.1) is 0 Å². The molecule has 0 saturated heterocycles. The van der Waals surface area contributed by atoms with Gasteiger partial charge >= 0.3 is 0 Å². The van der Waals surface area contributed by atoms with E-state index in [4.69, 9.17) is 0 Å². The van der Waals surface area contributed by atoms with Crippen molar-refractivity contribution in [2.75, 3.05) is 7.05 Å². The van der Waals surface area contributed by atoms with Gasteiger partial charge < -0.3 is 5.11 Å². The molecule has 3 unspecified atom stereocenters. The number of hydrogen-bond acceptors (Lipinski definition) is 2. The summed E-state index contributed by atoms with van der Waals surface area (Å²) in [6.45, 7) is 6.34. The first kappa shape index (κ1) is 9.01. The van der Waals surface area contributed by atoms with E-state index in [0.29, 0.717) is 6.04 Å². The number of aliphatic hydroxyl groups is 1. The highest BCUT2D eigenvalue weighted by molar-refractivity contribution is 4.90. The molecule has 11 heavy (non-hydrogen) atoms. The molecule has 0 aromatic heterocycles. The molecule has 1 aliphatic rings. The van der Waals surface area contributed by atoms with Gasteiger partial charge in [0.15, 0.2) is 0 Å². The van der Waals surface area contributed by atoms with E-state index in [1.54, 1.807) is 0 Å². The van der Waals surface area contributed by atoms with Crippen LogP contribution < -0.4 is 0 Å². The third kappa shape index (κ3) is 1.57. The van der Waals surface area contributed by atoms with Crippen LogP contribution in [0, 0.1) is 11.8 Å². The zero-order chi connectivity index (χ0) is 8.59. The second-order valence-electron chi connectivity index (χ2n) is 3.98. The molecule has 0 spiro atoms. The van der Waals surface area contributed by atoms with Crippen molar-refractivity contribution >= 4 is 0 Å². The molecule has 1 aliphatic carbocycles. The van der Waals surface area contributed by atoms with Gasteiger partial charge in [0.2, 0.25) is 0 Å². The third-order valence-electron chi connectivity index (χ3n) is 2.97. The lowest BCUT2D eigenvalue weighted by Gasteiger charge is -2.47. The standard InChI is InChI=1S/C9H19NO/c1-6-5-7(2)9(6)10(4)8(3)11/h6-9,11H,5H2,1-4H3. The van der Waals surface area contributed by atoms with E-state index in [1.165, 1.54) is 6.42 Å². The maximum atomic E-state index is 9.32. The van der Waals surface area contributed by atoms with E-state index in [2.05, 4.69) is 18.7 Å². The minimum atomic E-state index is -0.301. The van der Waals surface area contributed by atoms with Crippen molar-refractivity contribution in [3.63, 3.8) is 0 Å². The van der Waals surface area contributed by atoms with Crippen LogP contribution in [-0.4, -0.2) is 29.3 Å². The summed E-state index contributed by atoms with van der Waals surface area (Å²) in [6.07, 6.45) is 1.01. The fraction of sp³-hybridized carbons (Fsp3) is 1.00. The Kier molecular flexibility index (Phi) is 2.55. The highest BCUT2D eigenvalue weighted by Gasteiger charge is 2.38. The molecule has 0 aromatic rings. The molecular formula is C9H19NO. The van der Waals surface area contributed by atoms with Crippen molar-refractivity contribution in [3.8, 4) is 0 Å². The number of nitrogens with zero attached hydrogens (tertiary/aromatic N) is 1. The molecule has 2 nitrogen and oxygen atoms in total. The number of aliphatic hydroxyl groups excluding tert-OH is 1. The largest absolute Gasteiger partial charge is 0.379 e. The van der Waals surface area contributed by atoms with Crippen molar-refractivity contribution in [3.05, 3.63) is 0 Å². The Morgan fingerprint density at radius 1 is 1.36 bits per heavy atom. The van der Waals surface area contributed by atoms with Crippen LogP contribution in [0.4, 0.5) is 0 Å². The molecule has 1 saturated carbocycles. The second kappa shape index (κ2) is 3.11. The number of hydrogen-bond donors (Lipinski definition) is 1. The molecule has 1 N–H and O–H groups in total. The van der Waals surface area contributed by atoms with Crippen LogP contribution in [0.1, 0.15) is 27.2 Å². The van der Waals surface area contributed by atoms with Crippen molar-refractivity contribution in [1.29, 1.82) is 0 Å². The van der Waals surface area contributed by atoms with E-state index in [0.717, 1.165) is 11.8 Å². The molecule has 0 amide bonds. The van der Waals surface area contributed by atoms with Crippen molar-refractivity contribution in [1.82, 2.24) is 4.90 Å². The van der Waals surface area contributed by atoms with Gasteiger partial charge in [0.25, 0.3) is 0 Å². The minimum absolute atomic E-state index is 0.301. The Bertz CT molecular complexity index is 128. The maximum absolute atomic E-state index is 9.32. The summed E-state index contributed by atoms with van der Waals surface area (Å²) in [7, 11) is 2.00. The van der Waals surface area contributed by atoms with E-state index >= 15 is 0 Å². The smallest absolute Gasteiger partial charge is 0.104 e. The van der Waals surface area contributed by atoms with Crippen LogP contribution in [0.2, 0.25) is 0 Å². The van der Waals surface area contributed by atoms with Gasteiger partial charge in [0, 0.05) is 6.04 Å². The molecule has 1 fully saturated rings. The highest BCUT2D eigenvalue weighted by atomic mass is 16.3.